The highest BCUT2D eigenvalue weighted by Crippen LogP contribution is 2.40. The molecule has 0 saturated carbocycles. The quantitative estimate of drug-likeness (QED) is 0.657. The van der Waals surface area contributed by atoms with E-state index >= 15 is 0 Å². The molecule has 2 atom stereocenters. The van der Waals surface area contributed by atoms with E-state index in [1.807, 2.05) is 17.8 Å². The summed E-state index contributed by atoms with van der Waals surface area (Å²) in [5, 5.41) is 0. The minimum Gasteiger partial charge on any atom is -0.258 e. The standard InChI is InChI=1S/C9H16OS2/c1-3-6-9(4-2)11-7-5-8-12(9)10/h3H,1,4-8H2,2H3/t9-,12?/m0/s1. The van der Waals surface area contributed by atoms with Gasteiger partial charge in [0.15, 0.2) is 0 Å². The van der Waals surface area contributed by atoms with Crippen molar-refractivity contribution >= 4 is 22.6 Å². The van der Waals surface area contributed by atoms with Crippen LogP contribution in [0, 0.1) is 0 Å². The molecule has 1 rings (SSSR count). The Labute approximate surface area is 81.5 Å². The third-order valence-corrected chi connectivity index (χ3v) is 6.58. The lowest BCUT2D eigenvalue weighted by Gasteiger charge is -2.33. The van der Waals surface area contributed by atoms with Gasteiger partial charge in [-0.05, 0) is 25.0 Å². The predicted octanol–water partition coefficient (Wildman–Crippen LogP) is 2.55. The number of allylic oxidation sites excluding steroid dienone is 1. The Morgan fingerprint density at radius 3 is 3.00 bits per heavy atom. The molecule has 1 fully saturated rings. The maximum atomic E-state index is 11.8. The molecule has 1 heterocycles. The number of hydrogen-bond donors (Lipinski definition) is 0. The third-order valence-electron chi connectivity index (χ3n) is 2.25. The molecule has 0 N–H and O–H groups in total. The Morgan fingerprint density at radius 1 is 1.75 bits per heavy atom. The fourth-order valence-corrected chi connectivity index (χ4v) is 5.19. The van der Waals surface area contributed by atoms with Gasteiger partial charge in [0.1, 0.15) is 0 Å². The Bertz CT molecular complexity index is 191. The Balaban J connectivity index is 2.73. The summed E-state index contributed by atoms with van der Waals surface area (Å²) in [6, 6.07) is 0. The summed E-state index contributed by atoms with van der Waals surface area (Å²) < 4.78 is 11.8. The van der Waals surface area contributed by atoms with Crippen LogP contribution in [0.4, 0.5) is 0 Å². The second-order valence-electron chi connectivity index (χ2n) is 3.01. The van der Waals surface area contributed by atoms with Gasteiger partial charge in [-0.3, -0.25) is 4.21 Å². The zero-order chi connectivity index (χ0) is 9.03. The molecule has 0 aromatic heterocycles. The molecule has 1 nitrogen and oxygen atoms in total. The highest BCUT2D eigenvalue weighted by Gasteiger charge is 2.36. The molecule has 0 bridgehead atoms. The second kappa shape index (κ2) is 4.47. The maximum absolute atomic E-state index is 11.8. The van der Waals surface area contributed by atoms with Crippen molar-refractivity contribution in [3.63, 3.8) is 0 Å². The van der Waals surface area contributed by atoms with Gasteiger partial charge < -0.3 is 0 Å². The first kappa shape index (κ1) is 10.3. The fraction of sp³-hybridized carbons (Fsp3) is 0.778. The maximum Gasteiger partial charge on any atom is 0.0940 e. The van der Waals surface area contributed by atoms with Crippen molar-refractivity contribution in [2.24, 2.45) is 0 Å². The Hall–Kier alpha value is 0.240. The van der Waals surface area contributed by atoms with Crippen molar-refractivity contribution in [2.45, 2.75) is 30.3 Å². The first-order valence-corrected chi connectivity index (χ1v) is 6.69. The second-order valence-corrected chi connectivity index (χ2v) is 6.63. The van der Waals surface area contributed by atoms with E-state index in [-0.39, 0.29) is 4.08 Å². The average Bonchev–Trinajstić information content (AvgIpc) is 2.10. The van der Waals surface area contributed by atoms with Crippen molar-refractivity contribution in [3.05, 3.63) is 12.7 Å². The number of thioether (sulfide) groups is 1. The summed E-state index contributed by atoms with van der Waals surface area (Å²) in [7, 11) is -0.645. The molecule has 0 radical (unpaired) electrons. The Morgan fingerprint density at radius 2 is 2.50 bits per heavy atom. The van der Waals surface area contributed by atoms with Crippen LogP contribution in [0.1, 0.15) is 26.2 Å². The molecule has 0 aromatic carbocycles. The van der Waals surface area contributed by atoms with Gasteiger partial charge in [-0.15, -0.1) is 18.3 Å². The van der Waals surface area contributed by atoms with Crippen LogP contribution >= 0.6 is 11.8 Å². The van der Waals surface area contributed by atoms with Gasteiger partial charge in [0.05, 0.1) is 4.08 Å². The largest absolute Gasteiger partial charge is 0.258 e. The first-order chi connectivity index (χ1) is 5.75. The molecule has 1 saturated heterocycles. The fourth-order valence-electron chi connectivity index (χ4n) is 1.48. The van der Waals surface area contributed by atoms with E-state index in [0.29, 0.717) is 0 Å². The van der Waals surface area contributed by atoms with Crippen molar-refractivity contribution < 1.29 is 4.21 Å². The van der Waals surface area contributed by atoms with Gasteiger partial charge in [0.25, 0.3) is 0 Å². The van der Waals surface area contributed by atoms with Crippen LogP contribution in [0.15, 0.2) is 12.7 Å². The lowest BCUT2D eigenvalue weighted by molar-refractivity contribution is 0.646. The molecule has 0 aliphatic carbocycles. The molecular weight excluding hydrogens is 188 g/mol. The van der Waals surface area contributed by atoms with Crippen LogP contribution in [0.5, 0.6) is 0 Å². The van der Waals surface area contributed by atoms with Crippen LogP contribution in [0.3, 0.4) is 0 Å². The third kappa shape index (κ3) is 1.94. The van der Waals surface area contributed by atoms with E-state index < -0.39 is 10.8 Å². The average molecular weight is 204 g/mol. The smallest absolute Gasteiger partial charge is 0.0940 e. The topological polar surface area (TPSA) is 17.1 Å². The van der Waals surface area contributed by atoms with Gasteiger partial charge in [0.2, 0.25) is 0 Å². The highest BCUT2D eigenvalue weighted by molar-refractivity contribution is 8.13. The van der Waals surface area contributed by atoms with Crippen LogP contribution in [-0.4, -0.2) is 19.8 Å². The highest BCUT2D eigenvalue weighted by atomic mass is 32.2. The molecule has 1 unspecified atom stereocenters. The summed E-state index contributed by atoms with van der Waals surface area (Å²) in [4.78, 5) is 0. The van der Waals surface area contributed by atoms with Gasteiger partial charge in [-0.1, -0.05) is 13.0 Å². The van der Waals surface area contributed by atoms with E-state index in [4.69, 9.17) is 0 Å². The predicted molar refractivity (Wildman–Crippen MR) is 57.9 cm³/mol. The first-order valence-electron chi connectivity index (χ1n) is 4.38. The molecule has 0 amide bonds. The van der Waals surface area contributed by atoms with Gasteiger partial charge in [-0.2, -0.15) is 0 Å². The molecule has 1 aliphatic rings. The lowest BCUT2D eigenvalue weighted by atomic mass is 10.2. The summed E-state index contributed by atoms with van der Waals surface area (Å²) in [6.45, 7) is 5.86. The zero-order valence-electron chi connectivity index (χ0n) is 7.54. The normalized spacial score (nSPS) is 36.2. The molecule has 1 aliphatic heterocycles. The van der Waals surface area contributed by atoms with Crippen molar-refractivity contribution in [3.8, 4) is 0 Å². The number of hydrogen-bond acceptors (Lipinski definition) is 2. The van der Waals surface area contributed by atoms with E-state index in [9.17, 15) is 4.21 Å². The number of rotatable bonds is 3. The summed E-state index contributed by atoms with van der Waals surface area (Å²) in [5.41, 5.74) is 0. The van der Waals surface area contributed by atoms with Gasteiger partial charge in [-0.25, -0.2) is 0 Å². The minimum atomic E-state index is -0.645. The molecular formula is C9H16OS2. The van der Waals surface area contributed by atoms with E-state index in [2.05, 4.69) is 13.5 Å². The van der Waals surface area contributed by atoms with Crippen molar-refractivity contribution in [1.82, 2.24) is 0 Å². The molecule has 0 spiro atoms. The molecule has 0 aromatic rings. The summed E-state index contributed by atoms with van der Waals surface area (Å²) >= 11 is 1.87. The van der Waals surface area contributed by atoms with Crippen molar-refractivity contribution in [2.75, 3.05) is 11.5 Å². The summed E-state index contributed by atoms with van der Waals surface area (Å²) in [6.07, 6.45) is 4.90. The zero-order valence-corrected chi connectivity index (χ0v) is 9.18. The van der Waals surface area contributed by atoms with Crippen molar-refractivity contribution in [1.29, 1.82) is 0 Å². The van der Waals surface area contributed by atoms with Crippen LogP contribution in [0.2, 0.25) is 0 Å². The van der Waals surface area contributed by atoms with E-state index in [1.165, 1.54) is 0 Å². The molecule has 70 valence electrons. The van der Waals surface area contributed by atoms with E-state index in [0.717, 1.165) is 30.8 Å². The monoisotopic (exact) mass is 204 g/mol. The SMILES string of the molecule is C=CC[C@@]1(CC)SCCCS1=O. The minimum absolute atomic E-state index is 0. The van der Waals surface area contributed by atoms with Gasteiger partial charge >= 0.3 is 0 Å². The molecule has 3 heteroatoms. The molecule has 12 heavy (non-hydrogen) atoms. The Kier molecular flexibility index (Phi) is 3.84. The van der Waals surface area contributed by atoms with Crippen LogP contribution in [0.25, 0.3) is 0 Å². The van der Waals surface area contributed by atoms with Gasteiger partial charge in [0, 0.05) is 16.6 Å². The van der Waals surface area contributed by atoms with Crippen LogP contribution in [-0.2, 0) is 10.8 Å². The summed E-state index contributed by atoms with van der Waals surface area (Å²) in [5.74, 6) is 2.04. The van der Waals surface area contributed by atoms with E-state index in [1.54, 1.807) is 0 Å². The lowest BCUT2D eigenvalue weighted by Crippen LogP contribution is -2.34. The van der Waals surface area contributed by atoms with Crippen LogP contribution < -0.4 is 0 Å².